The minimum absolute atomic E-state index is 0.209. The molecular formula is C14H17ClF3NO. The number of halogens is 4. The minimum Gasteiger partial charge on any atom is -0.311 e. The van der Waals surface area contributed by atoms with Crippen LogP contribution in [0.3, 0.4) is 0 Å². The van der Waals surface area contributed by atoms with Crippen molar-refractivity contribution in [3.63, 3.8) is 0 Å². The van der Waals surface area contributed by atoms with E-state index < -0.39 is 17.6 Å². The van der Waals surface area contributed by atoms with Gasteiger partial charge in [0, 0.05) is 12.2 Å². The van der Waals surface area contributed by atoms with Gasteiger partial charge in [-0.25, -0.2) is 0 Å². The largest absolute Gasteiger partial charge is 0.416 e. The van der Waals surface area contributed by atoms with Gasteiger partial charge in [0.25, 0.3) is 0 Å². The monoisotopic (exact) mass is 307 g/mol. The van der Waals surface area contributed by atoms with Gasteiger partial charge in [0.15, 0.2) is 0 Å². The van der Waals surface area contributed by atoms with E-state index in [0.717, 1.165) is 12.1 Å². The van der Waals surface area contributed by atoms with E-state index in [-0.39, 0.29) is 17.0 Å². The van der Waals surface area contributed by atoms with Crippen LogP contribution in [0.4, 0.5) is 18.9 Å². The van der Waals surface area contributed by atoms with Crippen molar-refractivity contribution >= 4 is 23.2 Å². The molecule has 1 aromatic carbocycles. The quantitative estimate of drug-likeness (QED) is 0.761. The van der Waals surface area contributed by atoms with Crippen LogP contribution in [0.2, 0.25) is 0 Å². The van der Waals surface area contributed by atoms with Crippen molar-refractivity contribution in [3.05, 3.63) is 29.8 Å². The summed E-state index contributed by atoms with van der Waals surface area (Å²) < 4.78 is 38.2. The van der Waals surface area contributed by atoms with E-state index in [1.165, 1.54) is 17.0 Å². The predicted molar refractivity (Wildman–Crippen MR) is 74.0 cm³/mol. The highest BCUT2D eigenvalue weighted by Gasteiger charge is 2.31. The van der Waals surface area contributed by atoms with Gasteiger partial charge in [-0.15, -0.1) is 11.6 Å². The molecule has 0 aliphatic rings. The van der Waals surface area contributed by atoms with E-state index >= 15 is 0 Å². The van der Waals surface area contributed by atoms with Crippen molar-refractivity contribution in [2.24, 2.45) is 5.41 Å². The smallest absolute Gasteiger partial charge is 0.311 e. The Morgan fingerprint density at radius 1 is 1.25 bits per heavy atom. The molecule has 0 unspecified atom stereocenters. The molecule has 0 heterocycles. The third-order valence-electron chi connectivity index (χ3n) is 2.53. The molecule has 0 bridgehead atoms. The van der Waals surface area contributed by atoms with Gasteiger partial charge in [0.1, 0.15) is 5.88 Å². The van der Waals surface area contributed by atoms with E-state index in [2.05, 4.69) is 0 Å². The molecule has 1 amide bonds. The summed E-state index contributed by atoms with van der Waals surface area (Å²) in [4.78, 5) is 13.2. The Kier molecular flexibility index (Phi) is 5.08. The van der Waals surface area contributed by atoms with Crippen LogP contribution in [0.25, 0.3) is 0 Å². The summed E-state index contributed by atoms with van der Waals surface area (Å²) in [6.45, 7) is 5.99. The van der Waals surface area contributed by atoms with Crippen molar-refractivity contribution < 1.29 is 18.0 Å². The first-order valence-electron chi connectivity index (χ1n) is 6.08. The average molecular weight is 308 g/mol. The number of carbonyl (C=O) groups is 1. The van der Waals surface area contributed by atoms with Gasteiger partial charge in [-0.3, -0.25) is 4.79 Å². The van der Waals surface area contributed by atoms with Gasteiger partial charge in [0.05, 0.1) is 5.56 Å². The van der Waals surface area contributed by atoms with Crippen molar-refractivity contribution in [3.8, 4) is 0 Å². The van der Waals surface area contributed by atoms with E-state index in [0.29, 0.717) is 6.54 Å². The fourth-order valence-corrected chi connectivity index (χ4v) is 1.86. The Bertz CT molecular complexity index is 480. The highest BCUT2D eigenvalue weighted by Crippen LogP contribution is 2.32. The van der Waals surface area contributed by atoms with Gasteiger partial charge >= 0.3 is 6.18 Å². The summed E-state index contributed by atoms with van der Waals surface area (Å²) >= 11 is 5.54. The Morgan fingerprint density at radius 3 is 2.30 bits per heavy atom. The molecule has 2 nitrogen and oxygen atoms in total. The van der Waals surface area contributed by atoms with Crippen molar-refractivity contribution in [1.29, 1.82) is 0 Å². The number of hydrogen-bond acceptors (Lipinski definition) is 1. The maximum Gasteiger partial charge on any atom is 0.416 e. The van der Waals surface area contributed by atoms with Crippen LogP contribution in [-0.4, -0.2) is 18.3 Å². The zero-order valence-corrected chi connectivity index (χ0v) is 12.3. The molecule has 0 saturated carbocycles. The third-order valence-corrected chi connectivity index (χ3v) is 2.76. The topological polar surface area (TPSA) is 20.3 Å². The number of anilines is 1. The lowest BCUT2D eigenvalue weighted by atomic mass is 9.95. The SMILES string of the molecule is CC(C)(C)CN(C(=O)CCl)c1cccc(C(F)(F)F)c1. The summed E-state index contributed by atoms with van der Waals surface area (Å²) in [7, 11) is 0. The molecule has 0 atom stereocenters. The van der Waals surface area contributed by atoms with E-state index in [1.807, 2.05) is 20.8 Å². The number of nitrogens with zero attached hydrogens (tertiary/aromatic N) is 1. The van der Waals surface area contributed by atoms with Crippen LogP contribution >= 0.6 is 11.6 Å². The summed E-state index contributed by atoms with van der Waals surface area (Å²) in [6.07, 6.45) is -4.44. The predicted octanol–water partition coefficient (Wildman–Crippen LogP) is 4.32. The Hall–Kier alpha value is -1.23. The standard InChI is InChI=1S/C14H17ClF3NO/c1-13(2,3)9-19(12(20)8-15)11-6-4-5-10(7-11)14(16,17)18/h4-7H,8-9H2,1-3H3. The van der Waals surface area contributed by atoms with Gasteiger partial charge in [0.2, 0.25) is 5.91 Å². The first-order valence-corrected chi connectivity index (χ1v) is 6.61. The lowest BCUT2D eigenvalue weighted by Gasteiger charge is -2.30. The third kappa shape index (κ3) is 4.71. The van der Waals surface area contributed by atoms with Crippen LogP contribution in [0.1, 0.15) is 26.3 Å². The average Bonchev–Trinajstić information content (AvgIpc) is 2.33. The molecule has 0 spiro atoms. The molecule has 20 heavy (non-hydrogen) atoms. The molecule has 112 valence electrons. The van der Waals surface area contributed by atoms with Gasteiger partial charge in [-0.05, 0) is 23.6 Å². The molecular weight excluding hydrogens is 291 g/mol. The lowest BCUT2D eigenvalue weighted by Crippen LogP contribution is -2.38. The summed E-state index contributed by atoms with van der Waals surface area (Å²) in [6, 6.07) is 4.71. The molecule has 0 fully saturated rings. The van der Waals surface area contributed by atoms with E-state index in [4.69, 9.17) is 11.6 Å². The molecule has 0 aliphatic heterocycles. The molecule has 0 saturated heterocycles. The van der Waals surface area contributed by atoms with E-state index in [9.17, 15) is 18.0 Å². The molecule has 0 aromatic heterocycles. The number of hydrogen-bond donors (Lipinski definition) is 0. The molecule has 0 aliphatic carbocycles. The number of alkyl halides is 4. The Balaban J connectivity index is 3.18. The highest BCUT2D eigenvalue weighted by atomic mass is 35.5. The van der Waals surface area contributed by atoms with Crippen molar-refractivity contribution in [2.75, 3.05) is 17.3 Å². The second kappa shape index (κ2) is 6.04. The Labute approximate surface area is 121 Å². The molecule has 0 N–H and O–H groups in total. The van der Waals surface area contributed by atoms with Gasteiger partial charge in [-0.1, -0.05) is 26.8 Å². The zero-order valence-electron chi connectivity index (χ0n) is 11.6. The minimum atomic E-state index is -4.44. The summed E-state index contributed by atoms with van der Waals surface area (Å²) in [5, 5.41) is 0. The fraction of sp³-hybridized carbons (Fsp3) is 0.500. The fourth-order valence-electron chi connectivity index (χ4n) is 1.72. The normalized spacial score (nSPS) is 12.3. The number of amides is 1. The van der Waals surface area contributed by atoms with Crippen LogP contribution < -0.4 is 4.90 Å². The van der Waals surface area contributed by atoms with Crippen LogP contribution in [-0.2, 0) is 11.0 Å². The van der Waals surface area contributed by atoms with Crippen LogP contribution in [0, 0.1) is 5.41 Å². The number of carbonyl (C=O) groups excluding carboxylic acids is 1. The second-order valence-electron chi connectivity index (χ2n) is 5.72. The first kappa shape index (κ1) is 16.8. The highest BCUT2D eigenvalue weighted by molar-refractivity contribution is 6.29. The number of rotatable bonds is 3. The number of benzene rings is 1. The maximum absolute atomic E-state index is 12.7. The van der Waals surface area contributed by atoms with E-state index in [1.54, 1.807) is 0 Å². The van der Waals surface area contributed by atoms with Crippen LogP contribution in [0.15, 0.2) is 24.3 Å². The summed E-state index contributed by atoms with van der Waals surface area (Å²) in [5.74, 6) is -0.687. The van der Waals surface area contributed by atoms with Crippen LogP contribution in [0.5, 0.6) is 0 Å². The molecule has 0 radical (unpaired) electrons. The molecule has 1 aromatic rings. The van der Waals surface area contributed by atoms with Gasteiger partial charge in [-0.2, -0.15) is 13.2 Å². The zero-order chi connectivity index (χ0) is 15.6. The van der Waals surface area contributed by atoms with Crippen molar-refractivity contribution in [1.82, 2.24) is 0 Å². The second-order valence-corrected chi connectivity index (χ2v) is 5.99. The molecule has 6 heteroatoms. The first-order chi connectivity index (χ1) is 9.04. The molecule has 1 rings (SSSR count). The van der Waals surface area contributed by atoms with Gasteiger partial charge < -0.3 is 4.90 Å². The Morgan fingerprint density at radius 2 is 1.85 bits per heavy atom. The maximum atomic E-state index is 12.7. The lowest BCUT2D eigenvalue weighted by molar-refractivity contribution is -0.137. The summed E-state index contributed by atoms with van der Waals surface area (Å²) in [5.41, 5.74) is -0.827. The van der Waals surface area contributed by atoms with Crippen molar-refractivity contribution in [2.45, 2.75) is 26.9 Å².